The Kier molecular flexibility index (Phi) is 12.3. The molecule has 1 amide bonds. The molecule has 1 rings (SSSR count). The van der Waals surface area contributed by atoms with E-state index >= 15 is 0 Å². The number of amides is 1. The fourth-order valence-electron chi connectivity index (χ4n) is 1.90. The van der Waals surface area contributed by atoms with Gasteiger partial charge in [0.15, 0.2) is 5.96 Å². The van der Waals surface area contributed by atoms with Crippen molar-refractivity contribution in [3.8, 4) is 0 Å². The summed E-state index contributed by atoms with van der Waals surface area (Å²) in [5.41, 5.74) is 0.568. The minimum absolute atomic E-state index is 0. The van der Waals surface area contributed by atoms with Crippen LogP contribution in [0.15, 0.2) is 29.5 Å². The molecule has 1 aromatic heterocycles. The second kappa shape index (κ2) is 13.1. The van der Waals surface area contributed by atoms with Gasteiger partial charge in [-0.05, 0) is 25.5 Å². The van der Waals surface area contributed by atoms with Gasteiger partial charge in [-0.3, -0.25) is 14.8 Å². The summed E-state index contributed by atoms with van der Waals surface area (Å²) < 4.78 is 0. The molecule has 1 aromatic rings. The molecule has 23 heavy (non-hydrogen) atoms. The number of rotatable bonds is 8. The smallest absolute Gasteiger partial charge is 0.252 e. The van der Waals surface area contributed by atoms with Gasteiger partial charge in [-0.15, -0.1) is 24.0 Å². The number of hydrogen-bond donors (Lipinski definition) is 2. The van der Waals surface area contributed by atoms with Crippen LogP contribution in [0.4, 0.5) is 0 Å². The third kappa shape index (κ3) is 8.73. The van der Waals surface area contributed by atoms with E-state index in [-0.39, 0.29) is 29.9 Å². The number of guanidine groups is 1. The van der Waals surface area contributed by atoms with Gasteiger partial charge in [0.1, 0.15) is 0 Å². The van der Waals surface area contributed by atoms with E-state index in [2.05, 4.69) is 32.4 Å². The first kappa shape index (κ1) is 21.6. The molecule has 0 saturated heterocycles. The number of pyridine rings is 1. The summed E-state index contributed by atoms with van der Waals surface area (Å²) >= 11 is 0. The average molecular weight is 433 g/mol. The molecule has 1 heterocycles. The van der Waals surface area contributed by atoms with E-state index in [0.29, 0.717) is 18.7 Å². The van der Waals surface area contributed by atoms with Crippen molar-refractivity contribution in [2.75, 3.05) is 33.2 Å². The first-order valence-electron chi connectivity index (χ1n) is 7.86. The third-order valence-electron chi connectivity index (χ3n) is 3.13. The van der Waals surface area contributed by atoms with Gasteiger partial charge >= 0.3 is 0 Å². The largest absolute Gasteiger partial charge is 0.357 e. The van der Waals surface area contributed by atoms with Crippen LogP contribution in [0.5, 0.6) is 0 Å². The highest BCUT2D eigenvalue weighted by Crippen LogP contribution is 1.95. The van der Waals surface area contributed by atoms with Crippen molar-refractivity contribution in [1.29, 1.82) is 0 Å². The fraction of sp³-hybridized carbons (Fsp3) is 0.562. The van der Waals surface area contributed by atoms with Gasteiger partial charge < -0.3 is 15.5 Å². The van der Waals surface area contributed by atoms with Crippen molar-refractivity contribution < 1.29 is 4.79 Å². The number of aliphatic imine (C=N–C) groups is 1. The molecule has 0 saturated carbocycles. The SMILES string of the molecule is CCCCN(C)C(=NCCNC(=O)c1cccnc1)NCC.I. The zero-order valence-electron chi connectivity index (χ0n) is 14.2. The molecule has 0 fully saturated rings. The molecule has 7 heteroatoms. The minimum Gasteiger partial charge on any atom is -0.357 e. The lowest BCUT2D eigenvalue weighted by Crippen LogP contribution is -2.40. The molecule has 0 aliphatic rings. The van der Waals surface area contributed by atoms with Crippen LogP contribution >= 0.6 is 24.0 Å². The molecule has 0 aliphatic carbocycles. The highest BCUT2D eigenvalue weighted by Gasteiger charge is 2.05. The van der Waals surface area contributed by atoms with Crippen molar-refractivity contribution >= 4 is 35.8 Å². The van der Waals surface area contributed by atoms with Gasteiger partial charge in [-0.25, -0.2) is 0 Å². The summed E-state index contributed by atoms with van der Waals surface area (Å²) in [6.45, 7) is 7.08. The zero-order valence-corrected chi connectivity index (χ0v) is 16.5. The van der Waals surface area contributed by atoms with Gasteiger partial charge in [-0.2, -0.15) is 0 Å². The highest BCUT2D eigenvalue weighted by atomic mass is 127. The maximum absolute atomic E-state index is 11.9. The van der Waals surface area contributed by atoms with E-state index in [4.69, 9.17) is 0 Å². The van der Waals surface area contributed by atoms with Crippen molar-refractivity contribution in [3.05, 3.63) is 30.1 Å². The Bertz CT molecular complexity index is 467. The van der Waals surface area contributed by atoms with Crippen LogP contribution in [0.2, 0.25) is 0 Å². The van der Waals surface area contributed by atoms with E-state index in [1.807, 2.05) is 14.0 Å². The Morgan fingerprint density at radius 2 is 2.13 bits per heavy atom. The van der Waals surface area contributed by atoms with Crippen LogP contribution in [-0.2, 0) is 0 Å². The van der Waals surface area contributed by atoms with Crippen LogP contribution in [0, 0.1) is 0 Å². The third-order valence-corrected chi connectivity index (χ3v) is 3.13. The average Bonchev–Trinajstić information content (AvgIpc) is 2.56. The maximum atomic E-state index is 11.9. The summed E-state index contributed by atoms with van der Waals surface area (Å²) in [5, 5.41) is 6.11. The molecule has 0 unspecified atom stereocenters. The first-order valence-corrected chi connectivity index (χ1v) is 7.86. The molecule has 0 aliphatic heterocycles. The van der Waals surface area contributed by atoms with Crippen LogP contribution in [0.3, 0.4) is 0 Å². The summed E-state index contributed by atoms with van der Waals surface area (Å²) in [4.78, 5) is 22.5. The van der Waals surface area contributed by atoms with Gasteiger partial charge in [0, 0.05) is 39.1 Å². The molecule has 0 atom stereocenters. The molecule has 6 nitrogen and oxygen atoms in total. The van der Waals surface area contributed by atoms with Gasteiger partial charge in [0.05, 0.1) is 12.1 Å². The lowest BCUT2D eigenvalue weighted by Gasteiger charge is -2.21. The second-order valence-electron chi connectivity index (χ2n) is 5.01. The quantitative estimate of drug-likeness (QED) is 0.285. The summed E-state index contributed by atoms with van der Waals surface area (Å²) in [6.07, 6.45) is 5.50. The van der Waals surface area contributed by atoms with Crippen molar-refractivity contribution in [2.45, 2.75) is 26.7 Å². The fourth-order valence-corrected chi connectivity index (χ4v) is 1.90. The first-order chi connectivity index (χ1) is 10.7. The maximum Gasteiger partial charge on any atom is 0.252 e. The van der Waals surface area contributed by atoms with E-state index in [1.54, 1.807) is 24.5 Å². The molecule has 130 valence electrons. The predicted molar refractivity (Wildman–Crippen MR) is 106 cm³/mol. The van der Waals surface area contributed by atoms with E-state index in [9.17, 15) is 4.79 Å². The van der Waals surface area contributed by atoms with Crippen LogP contribution in [0.1, 0.15) is 37.0 Å². The van der Waals surface area contributed by atoms with Crippen LogP contribution in [-0.4, -0.2) is 55.0 Å². The van der Waals surface area contributed by atoms with E-state index < -0.39 is 0 Å². The summed E-state index contributed by atoms with van der Waals surface area (Å²) in [6, 6.07) is 3.49. The van der Waals surface area contributed by atoms with Gasteiger partial charge in [0.25, 0.3) is 5.91 Å². The topological polar surface area (TPSA) is 69.6 Å². The number of aromatic nitrogens is 1. The minimum atomic E-state index is -0.118. The molecule has 2 N–H and O–H groups in total. The Morgan fingerprint density at radius 1 is 1.35 bits per heavy atom. The number of carbonyl (C=O) groups excluding carboxylic acids is 1. The second-order valence-corrected chi connectivity index (χ2v) is 5.01. The number of hydrogen-bond acceptors (Lipinski definition) is 3. The number of nitrogens with one attached hydrogen (secondary N) is 2. The number of halogens is 1. The molecule has 0 aromatic carbocycles. The number of unbranched alkanes of at least 4 members (excludes halogenated alkanes) is 1. The van der Waals surface area contributed by atoms with Crippen LogP contribution in [0.25, 0.3) is 0 Å². The van der Waals surface area contributed by atoms with Gasteiger partial charge in [-0.1, -0.05) is 13.3 Å². The van der Waals surface area contributed by atoms with Crippen molar-refractivity contribution in [2.24, 2.45) is 4.99 Å². The Balaban J connectivity index is 0.00000484. The highest BCUT2D eigenvalue weighted by molar-refractivity contribution is 14.0. The molecule has 0 bridgehead atoms. The molecular weight excluding hydrogens is 405 g/mol. The van der Waals surface area contributed by atoms with Gasteiger partial charge in [0.2, 0.25) is 0 Å². The summed E-state index contributed by atoms with van der Waals surface area (Å²) in [7, 11) is 2.03. The van der Waals surface area contributed by atoms with Crippen LogP contribution < -0.4 is 10.6 Å². The lowest BCUT2D eigenvalue weighted by molar-refractivity contribution is 0.0954. The van der Waals surface area contributed by atoms with Crippen molar-refractivity contribution in [1.82, 2.24) is 20.5 Å². The van der Waals surface area contributed by atoms with Crippen molar-refractivity contribution in [3.63, 3.8) is 0 Å². The predicted octanol–water partition coefficient (Wildman–Crippen LogP) is 2.13. The van der Waals surface area contributed by atoms with E-state index in [1.165, 1.54) is 0 Å². The summed E-state index contributed by atoms with van der Waals surface area (Å²) in [5.74, 6) is 0.763. The lowest BCUT2D eigenvalue weighted by atomic mass is 10.3. The molecule has 0 radical (unpaired) electrons. The Hall–Kier alpha value is -1.38. The standard InChI is InChI=1S/C16H27N5O.HI/c1-4-6-12-21(3)16(18-5-2)20-11-10-19-15(22)14-8-7-9-17-13-14;/h7-9,13H,4-6,10-12H2,1-3H3,(H,18,20)(H,19,22);1H. The van der Waals surface area contributed by atoms with E-state index in [0.717, 1.165) is 31.9 Å². The Morgan fingerprint density at radius 3 is 2.74 bits per heavy atom. The monoisotopic (exact) mass is 433 g/mol. The zero-order chi connectivity index (χ0) is 16.2. The number of nitrogens with zero attached hydrogens (tertiary/aromatic N) is 3. The molecular formula is C16H28IN5O. The number of carbonyl (C=O) groups is 1. The molecule has 0 spiro atoms. The Labute approximate surface area is 156 Å². The normalized spacial score (nSPS) is 10.7.